The molecule has 2 aromatic heterocycles. The summed E-state index contributed by atoms with van der Waals surface area (Å²) in [5.41, 5.74) is 4.46. The zero-order valence-electron chi connectivity index (χ0n) is 22.5. The lowest BCUT2D eigenvalue weighted by molar-refractivity contribution is 0.0482. The lowest BCUT2D eigenvalue weighted by atomic mass is 9.98. The maximum absolute atomic E-state index is 13.5. The first-order valence-electron chi connectivity index (χ1n) is 13.3. The molecule has 8 heteroatoms. The summed E-state index contributed by atoms with van der Waals surface area (Å²) in [6, 6.07) is 10.1. The molecule has 0 unspecified atom stereocenters. The van der Waals surface area contributed by atoms with Gasteiger partial charge in [0.1, 0.15) is 16.9 Å². The van der Waals surface area contributed by atoms with Crippen LogP contribution < -0.4 is 4.90 Å². The van der Waals surface area contributed by atoms with E-state index in [1.54, 1.807) is 18.4 Å². The normalized spacial score (nSPS) is 13.8. The predicted octanol–water partition coefficient (Wildman–Crippen LogP) is 5.27. The van der Waals surface area contributed by atoms with Gasteiger partial charge < -0.3 is 19.1 Å². The van der Waals surface area contributed by atoms with E-state index in [0.717, 1.165) is 36.5 Å². The van der Waals surface area contributed by atoms with Crippen LogP contribution in [0.5, 0.6) is 0 Å². The number of fused-ring (bicyclic) bond motifs is 1. The van der Waals surface area contributed by atoms with E-state index in [-0.39, 0.29) is 24.3 Å². The van der Waals surface area contributed by atoms with Gasteiger partial charge in [-0.25, -0.2) is 14.1 Å². The Kier molecular flexibility index (Phi) is 8.48. The van der Waals surface area contributed by atoms with Crippen LogP contribution in [0.25, 0.3) is 16.8 Å². The maximum atomic E-state index is 13.5. The van der Waals surface area contributed by atoms with Crippen molar-refractivity contribution < 1.29 is 23.8 Å². The summed E-state index contributed by atoms with van der Waals surface area (Å²) in [7, 11) is 0. The number of hydrogen-bond donors (Lipinski definition) is 0. The number of esters is 2. The second kappa shape index (κ2) is 11.8. The van der Waals surface area contributed by atoms with E-state index in [0.29, 0.717) is 36.8 Å². The molecule has 0 spiro atoms. The van der Waals surface area contributed by atoms with E-state index in [1.807, 2.05) is 18.2 Å². The molecule has 0 N–H and O–H groups in total. The third kappa shape index (κ3) is 5.34. The minimum absolute atomic E-state index is 0.188. The second-order valence-corrected chi connectivity index (χ2v) is 9.45. The third-order valence-electron chi connectivity index (χ3n) is 6.62. The fourth-order valence-corrected chi connectivity index (χ4v) is 4.82. The Labute approximate surface area is 218 Å². The van der Waals surface area contributed by atoms with Gasteiger partial charge in [0, 0.05) is 18.7 Å². The average molecular weight is 508 g/mol. The molecule has 37 heavy (non-hydrogen) atoms. The Hall–Kier alpha value is -3.39. The van der Waals surface area contributed by atoms with Crippen molar-refractivity contribution in [2.75, 3.05) is 44.4 Å². The Morgan fingerprint density at radius 3 is 2.16 bits per heavy atom. The van der Waals surface area contributed by atoms with Gasteiger partial charge in [-0.05, 0) is 43.4 Å². The van der Waals surface area contributed by atoms with Crippen LogP contribution in [-0.4, -0.2) is 61.1 Å². The molecule has 1 aromatic carbocycles. The van der Waals surface area contributed by atoms with Crippen molar-refractivity contribution in [1.29, 1.82) is 0 Å². The smallest absolute Gasteiger partial charge is 0.341 e. The number of anilines is 1. The van der Waals surface area contributed by atoms with Crippen molar-refractivity contribution >= 4 is 23.3 Å². The largest absolute Gasteiger partial charge is 0.462 e. The molecule has 0 saturated carbocycles. The minimum atomic E-state index is -0.561. The SMILES string of the molecule is CCCc1cc(N2CCOCC2)nn2c(-c3ccc(C(C)C)cc3)c(C(=O)OCC)c(C(=O)OCC)c12. The first kappa shape index (κ1) is 26.7. The van der Waals surface area contributed by atoms with Gasteiger partial charge in [0.25, 0.3) is 0 Å². The predicted molar refractivity (Wildman–Crippen MR) is 144 cm³/mol. The summed E-state index contributed by atoms with van der Waals surface area (Å²) in [4.78, 5) is 29.1. The van der Waals surface area contributed by atoms with E-state index in [1.165, 1.54) is 5.56 Å². The Bertz CT molecular complexity index is 1260. The van der Waals surface area contributed by atoms with Crippen LogP contribution in [-0.2, 0) is 20.6 Å². The zero-order valence-corrected chi connectivity index (χ0v) is 22.5. The molecule has 198 valence electrons. The Morgan fingerprint density at radius 2 is 1.59 bits per heavy atom. The van der Waals surface area contributed by atoms with Crippen LogP contribution in [0.3, 0.4) is 0 Å². The second-order valence-electron chi connectivity index (χ2n) is 9.45. The standard InChI is InChI=1S/C29H37N3O5/c1-6-9-22-18-23(31-14-16-35-17-15-31)30-32-26(21-12-10-20(11-13-21)19(4)5)24(28(33)36-7-2)25(27(22)32)29(34)37-8-3/h10-13,18-19H,6-9,14-17H2,1-5H3. The van der Waals surface area contributed by atoms with Crippen molar-refractivity contribution in [2.45, 2.75) is 53.4 Å². The summed E-state index contributed by atoms with van der Waals surface area (Å²) < 4.78 is 18.3. The van der Waals surface area contributed by atoms with Gasteiger partial charge in [0.05, 0.1) is 37.6 Å². The average Bonchev–Trinajstić information content (AvgIpc) is 3.25. The van der Waals surface area contributed by atoms with E-state index >= 15 is 0 Å². The zero-order chi connectivity index (χ0) is 26.5. The van der Waals surface area contributed by atoms with Crippen LogP contribution >= 0.6 is 0 Å². The first-order valence-corrected chi connectivity index (χ1v) is 13.3. The third-order valence-corrected chi connectivity index (χ3v) is 6.62. The molecular formula is C29H37N3O5. The fourth-order valence-electron chi connectivity index (χ4n) is 4.82. The molecule has 0 aliphatic carbocycles. The number of rotatable bonds is 9. The highest BCUT2D eigenvalue weighted by Crippen LogP contribution is 2.37. The number of carbonyl (C=O) groups excluding carboxylic acids is 2. The van der Waals surface area contributed by atoms with Crippen LogP contribution in [0.2, 0.25) is 0 Å². The fraction of sp³-hybridized carbons (Fsp3) is 0.483. The first-order chi connectivity index (χ1) is 17.9. The lowest BCUT2D eigenvalue weighted by Crippen LogP contribution is -2.37. The van der Waals surface area contributed by atoms with Crippen molar-refractivity contribution in [3.63, 3.8) is 0 Å². The molecule has 1 aliphatic heterocycles. The van der Waals surface area contributed by atoms with Gasteiger partial charge in [-0.3, -0.25) is 0 Å². The molecule has 8 nitrogen and oxygen atoms in total. The highest BCUT2D eigenvalue weighted by atomic mass is 16.5. The van der Waals surface area contributed by atoms with Gasteiger partial charge in [-0.1, -0.05) is 51.5 Å². The minimum Gasteiger partial charge on any atom is -0.462 e. The van der Waals surface area contributed by atoms with Crippen molar-refractivity contribution in [3.05, 3.63) is 52.6 Å². The summed E-state index contributed by atoms with van der Waals surface area (Å²) in [5, 5.41) is 5.01. The molecule has 1 aliphatic rings. The van der Waals surface area contributed by atoms with Gasteiger partial charge in [-0.2, -0.15) is 0 Å². The number of carbonyl (C=O) groups is 2. The van der Waals surface area contributed by atoms with Crippen LogP contribution in [0.15, 0.2) is 30.3 Å². The Morgan fingerprint density at radius 1 is 0.973 bits per heavy atom. The van der Waals surface area contributed by atoms with Crippen molar-refractivity contribution in [3.8, 4) is 11.3 Å². The van der Waals surface area contributed by atoms with Gasteiger partial charge in [0.2, 0.25) is 0 Å². The highest BCUT2D eigenvalue weighted by molar-refractivity contribution is 6.13. The monoisotopic (exact) mass is 507 g/mol. The molecular weight excluding hydrogens is 470 g/mol. The number of aryl methyl sites for hydroxylation is 1. The summed E-state index contributed by atoms with van der Waals surface area (Å²) >= 11 is 0. The quantitative estimate of drug-likeness (QED) is 0.365. The molecule has 4 rings (SSSR count). The molecule has 0 amide bonds. The number of aromatic nitrogens is 2. The number of nitrogens with zero attached hydrogens (tertiary/aromatic N) is 3. The van der Waals surface area contributed by atoms with Gasteiger partial charge >= 0.3 is 11.9 Å². The molecule has 3 heterocycles. The van der Waals surface area contributed by atoms with E-state index in [4.69, 9.17) is 19.3 Å². The number of hydrogen-bond acceptors (Lipinski definition) is 7. The van der Waals surface area contributed by atoms with Crippen molar-refractivity contribution in [1.82, 2.24) is 9.61 Å². The van der Waals surface area contributed by atoms with Crippen LogP contribution in [0, 0.1) is 0 Å². The van der Waals surface area contributed by atoms with E-state index in [9.17, 15) is 9.59 Å². The lowest BCUT2D eigenvalue weighted by Gasteiger charge is -2.28. The van der Waals surface area contributed by atoms with Gasteiger partial charge in [-0.15, -0.1) is 5.10 Å². The van der Waals surface area contributed by atoms with Crippen molar-refractivity contribution in [2.24, 2.45) is 0 Å². The van der Waals surface area contributed by atoms with E-state index in [2.05, 4.69) is 37.8 Å². The maximum Gasteiger partial charge on any atom is 0.341 e. The van der Waals surface area contributed by atoms with Crippen LogP contribution in [0.1, 0.15) is 78.8 Å². The molecule has 0 radical (unpaired) electrons. The Balaban J connectivity index is 2.09. The van der Waals surface area contributed by atoms with Gasteiger partial charge in [0.15, 0.2) is 0 Å². The molecule has 0 atom stereocenters. The van der Waals surface area contributed by atoms with Crippen LogP contribution in [0.4, 0.5) is 5.82 Å². The summed E-state index contributed by atoms with van der Waals surface area (Å²) in [6.07, 6.45) is 1.58. The topological polar surface area (TPSA) is 82.4 Å². The number of ether oxygens (including phenoxy) is 3. The number of benzene rings is 1. The van der Waals surface area contributed by atoms with E-state index < -0.39 is 11.9 Å². The molecule has 1 saturated heterocycles. The number of morpholine rings is 1. The summed E-state index contributed by atoms with van der Waals surface area (Å²) in [6.45, 7) is 13.0. The molecule has 3 aromatic rings. The molecule has 1 fully saturated rings. The molecule has 0 bridgehead atoms. The highest BCUT2D eigenvalue weighted by Gasteiger charge is 2.33. The summed E-state index contributed by atoms with van der Waals surface area (Å²) in [5.74, 6) is 0.0424.